The number of carbonyl (C=O) groups is 2. The summed E-state index contributed by atoms with van der Waals surface area (Å²) in [5, 5.41) is 2.88. The summed E-state index contributed by atoms with van der Waals surface area (Å²) in [6.45, 7) is 6.83. The van der Waals surface area contributed by atoms with E-state index in [0.717, 1.165) is 45.3 Å². The molecule has 1 fully saturated rings. The van der Waals surface area contributed by atoms with Crippen LogP contribution in [0, 0.1) is 6.92 Å². The molecule has 1 saturated heterocycles. The smallest absolute Gasteiger partial charge is 0.262 e. The first-order valence-corrected chi connectivity index (χ1v) is 13.5. The van der Waals surface area contributed by atoms with Crippen molar-refractivity contribution in [1.29, 1.82) is 0 Å². The van der Waals surface area contributed by atoms with Gasteiger partial charge >= 0.3 is 0 Å². The van der Waals surface area contributed by atoms with Crippen LogP contribution in [-0.4, -0.2) is 49.5 Å². The molecule has 3 aromatic rings. The van der Waals surface area contributed by atoms with E-state index in [-0.39, 0.29) is 18.4 Å². The summed E-state index contributed by atoms with van der Waals surface area (Å²) in [5.74, 6) is 0.512. The van der Waals surface area contributed by atoms with Gasteiger partial charge in [-0.25, -0.2) is 0 Å². The SMILES string of the molecule is CCc1ccc(C(=O)N2CCN(c3ccc(NC(=O)COc4c(C)cc(Br)cc4Br)cc3)CC2)cc1. The largest absolute Gasteiger partial charge is 0.482 e. The van der Waals surface area contributed by atoms with Gasteiger partial charge in [-0.2, -0.15) is 0 Å². The van der Waals surface area contributed by atoms with Crippen molar-refractivity contribution in [3.63, 3.8) is 0 Å². The first-order chi connectivity index (χ1) is 17.3. The lowest BCUT2D eigenvalue weighted by atomic mass is 10.1. The van der Waals surface area contributed by atoms with Crippen LogP contribution in [0.1, 0.15) is 28.4 Å². The molecule has 1 aliphatic heterocycles. The molecule has 3 aromatic carbocycles. The van der Waals surface area contributed by atoms with E-state index >= 15 is 0 Å². The highest BCUT2D eigenvalue weighted by molar-refractivity contribution is 9.11. The van der Waals surface area contributed by atoms with Crippen molar-refractivity contribution >= 4 is 55.0 Å². The van der Waals surface area contributed by atoms with Gasteiger partial charge in [0.05, 0.1) is 4.47 Å². The molecule has 4 rings (SSSR count). The molecule has 1 heterocycles. The fourth-order valence-electron chi connectivity index (χ4n) is 4.20. The minimum atomic E-state index is -0.226. The van der Waals surface area contributed by atoms with Crippen molar-refractivity contribution in [1.82, 2.24) is 4.90 Å². The summed E-state index contributed by atoms with van der Waals surface area (Å²) in [4.78, 5) is 29.4. The number of rotatable bonds is 7. The number of piperazine rings is 1. The van der Waals surface area contributed by atoms with Crippen molar-refractivity contribution in [2.45, 2.75) is 20.3 Å². The van der Waals surface area contributed by atoms with Gasteiger partial charge in [-0.3, -0.25) is 9.59 Å². The number of nitrogens with one attached hydrogen (secondary N) is 1. The minimum absolute atomic E-state index is 0.0833. The van der Waals surface area contributed by atoms with E-state index in [1.807, 2.05) is 72.5 Å². The fraction of sp³-hybridized carbons (Fsp3) is 0.286. The van der Waals surface area contributed by atoms with E-state index in [1.165, 1.54) is 5.56 Å². The average Bonchev–Trinajstić information content (AvgIpc) is 2.88. The van der Waals surface area contributed by atoms with Crippen molar-refractivity contribution in [3.8, 4) is 5.75 Å². The molecule has 1 aliphatic rings. The molecule has 188 valence electrons. The maximum Gasteiger partial charge on any atom is 0.262 e. The van der Waals surface area contributed by atoms with E-state index in [2.05, 4.69) is 49.0 Å². The second kappa shape index (κ2) is 11.9. The number of ether oxygens (including phenoxy) is 1. The van der Waals surface area contributed by atoms with Gasteiger partial charge in [-0.05, 0) is 88.9 Å². The van der Waals surface area contributed by atoms with Gasteiger partial charge in [0.2, 0.25) is 0 Å². The number of amides is 2. The van der Waals surface area contributed by atoms with Crippen LogP contribution in [0.4, 0.5) is 11.4 Å². The number of hydrogen-bond acceptors (Lipinski definition) is 4. The van der Waals surface area contributed by atoms with Crippen molar-refractivity contribution in [2.24, 2.45) is 0 Å². The molecule has 0 bridgehead atoms. The molecular formula is C28H29Br2N3O3. The Morgan fingerprint density at radius 3 is 2.22 bits per heavy atom. The lowest BCUT2D eigenvalue weighted by Crippen LogP contribution is -2.48. The van der Waals surface area contributed by atoms with E-state index < -0.39 is 0 Å². The van der Waals surface area contributed by atoms with Crippen molar-refractivity contribution in [3.05, 3.63) is 86.3 Å². The van der Waals surface area contributed by atoms with Gasteiger partial charge in [0.15, 0.2) is 6.61 Å². The third kappa shape index (κ3) is 6.48. The zero-order valence-electron chi connectivity index (χ0n) is 20.4. The molecule has 0 aliphatic carbocycles. The average molecular weight is 615 g/mol. The van der Waals surface area contributed by atoms with Crippen LogP contribution in [0.3, 0.4) is 0 Å². The van der Waals surface area contributed by atoms with Gasteiger partial charge in [0.25, 0.3) is 11.8 Å². The first kappa shape index (κ1) is 26.2. The summed E-state index contributed by atoms with van der Waals surface area (Å²) >= 11 is 6.92. The molecule has 0 aromatic heterocycles. The van der Waals surface area contributed by atoms with Crippen molar-refractivity contribution < 1.29 is 14.3 Å². The lowest BCUT2D eigenvalue weighted by Gasteiger charge is -2.36. The van der Waals surface area contributed by atoms with Crippen LogP contribution >= 0.6 is 31.9 Å². The summed E-state index contributed by atoms with van der Waals surface area (Å²) in [5.41, 5.74) is 4.69. The molecule has 0 saturated carbocycles. The number of aryl methyl sites for hydroxylation is 2. The number of nitrogens with zero attached hydrogens (tertiary/aromatic N) is 2. The maximum absolute atomic E-state index is 12.8. The number of halogens is 2. The third-order valence-electron chi connectivity index (χ3n) is 6.23. The minimum Gasteiger partial charge on any atom is -0.482 e. The molecule has 0 radical (unpaired) electrons. The van der Waals surface area contributed by atoms with Crippen LogP contribution in [0.25, 0.3) is 0 Å². The summed E-state index contributed by atoms with van der Waals surface area (Å²) in [7, 11) is 0. The van der Waals surface area contributed by atoms with E-state index in [1.54, 1.807) is 0 Å². The fourth-order valence-corrected chi connectivity index (χ4v) is 5.75. The highest BCUT2D eigenvalue weighted by Crippen LogP contribution is 2.32. The number of anilines is 2. The van der Waals surface area contributed by atoms with Crippen LogP contribution in [0.5, 0.6) is 5.75 Å². The Bertz CT molecular complexity index is 1200. The Morgan fingerprint density at radius 1 is 0.944 bits per heavy atom. The molecule has 6 nitrogen and oxygen atoms in total. The topological polar surface area (TPSA) is 61.9 Å². The van der Waals surface area contributed by atoms with Gasteiger partial charge in [-0.1, -0.05) is 35.0 Å². The van der Waals surface area contributed by atoms with Crippen LogP contribution in [0.15, 0.2) is 69.6 Å². The summed E-state index contributed by atoms with van der Waals surface area (Å²) in [6.07, 6.45) is 0.965. The van der Waals surface area contributed by atoms with Crippen LogP contribution in [-0.2, 0) is 11.2 Å². The molecule has 36 heavy (non-hydrogen) atoms. The van der Waals surface area contributed by atoms with Gasteiger partial charge in [0.1, 0.15) is 5.75 Å². The predicted molar refractivity (Wildman–Crippen MR) is 151 cm³/mol. The van der Waals surface area contributed by atoms with E-state index in [9.17, 15) is 9.59 Å². The highest BCUT2D eigenvalue weighted by Gasteiger charge is 2.22. The van der Waals surface area contributed by atoms with E-state index in [4.69, 9.17) is 4.74 Å². The number of hydrogen-bond donors (Lipinski definition) is 1. The lowest BCUT2D eigenvalue weighted by molar-refractivity contribution is -0.118. The standard InChI is InChI=1S/C28H29Br2N3O3/c1-3-20-4-6-21(7-5-20)28(35)33-14-12-32(13-15-33)24-10-8-23(9-11-24)31-26(34)18-36-27-19(2)16-22(29)17-25(27)30/h4-11,16-17H,3,12-15,18H2,1-2H3,(H,31,34). The normalized spacial score (nSPS) is 13.4. The summed E-state index contributed by atoms with van der Waals surface area (Å²) < 4.78 is 7.47. The molecular weight excluding hydrogens is 586 g/mol. The Labute approximate surface area is 228 Å². The van der Waals surface area contributed by atoms with Gasteiger partial charge < -0.3 is 19.9 Å². The van der Waals surface area contributed by atoms with Gasteiger partial charge in [-0.15, -0.1) is 0 Å². The Hall–Kier alpha value is -2.84. The first-order valence-electron chi connectivity index (χ1n) is 12.0. The van der Waals surface area contributed by atoms with E-state index in [0.29, 0.717) is 24.5 Å². The molecule has 2 amide bonds. The Balaban J connectivity index is 1.27. The second-order valence-electron chi connectivity index (χ2n) is 8.75. The zero-order valence-corrected chi connectivity index (χ0v) is 23.6. The Morgan fingerprint density at radius 2 is 1.61 bits per heavy atom. The predicted octanol–water partition coefficient (Wildman–Crippen LogP) is 6.06. The van der Waals surface area contributed by atoms with Crippen LogP contribution in [0.2, 0.25) is 0 Å². The third-order valence-corrected chi connectivity index (χ3v) is 7.28. The second-order valence-corrected chi connectivity index (χ2v) is 10.5. The maximum atomic E-state index is 12.8. The van der Waals surface area contributed by atoms with Crippen LogP contribution < -0.4 is 15.0 Å². The van der Waals surface area contributed by atoms with Crippen molar-refractivity contribution in [2.75, 3.05) is 43.0 Å². The molecule has 0 spiro atoms. The number of carbonyl (C=O) groups excluding carboxylic acids is 2. The zero-order chi connectivity index (χ0) is 25.7. The molecule has 0 atom stereocenters. The molecule has 0 unspecified atom stereocenters. The molecule has 1 N–H and O–H groups in total. The Kier molecular flexibility index (Phi) is 8.69. The quantitative estimate of drug-likeness (QED) is 0.351. The molecule has 8 heteroatoms. The monoisotopic (exact) mass is 613 g/mol. The summed E-state index contributed by atoms with van der Waals surface area (Å²) in [6, 6.07) is 19.5. The van der Waals surface area contributed by atoms with Gasteiger partial charge in [0, 0.05) is 47.6 Å². The highest BCUT2D eigenvalue weighted by atomic mass is 79.9. The number of benzene rings is 3.